The van der Waals surface area contributed by atoms with Crippen molar-refractivity contribution < 1.29 is 19.8 Å². The van der Waals surface area contributed by atoms with E-state index in [-0.39, 0.29) is 5.92 Å². The van der Waals surface area contributed by atoms with Crippen LogP contribution in [0.15, 0.2) is 24.3 Å². The molecule has 3 unspecified atom stereocenters. The lowest BCUT2D eigenvalue weighted by Crippen LogP contribution is -2.19. The fraction of sp³-hybridized carbons (Fsp3) is 0.429. The standard InChI is InChI=1S/C14H15ClO4/c15-9-4-1-8(2-5-9)3-6-10(13(16)17)11-7-12(11)14(18)19/h1-2,4-5,10-12H,3,6-7H2,(H,16,17)(H,18,19). The molecule has 0 saturated heterocycles. The van der Waals surface area contributed by atoms with Crippen molar-refractivity contribution in [2.45, 2.75) is 19.3 Å². The molecule has 102 valence electrons. The van der Waals surface area contributed by atoms with Crippen LogP contribution in [0.2, 0.25) is 5.02 Å². The quantitative estimate of drug-likeness (QED) is 0.841. The first-order valence-electron chi connectivity index (χ1n) is 6.19. The van der Waals surface area contributed by atoms with Crippen LogP contribution in [0.4, 0.5) is 0 Å². The van der Waals surface area contributed by atoms with Gasteiger partial charge in [-0.1, -0.05) is 23.7 Å². The first-order chi connectivity index (χ1) is 8.99. The van der Waals surface area contributed by atoms with E-state index in [4.69, 9.17) is 16.7 Å². The molecule has 0 bridgehead atoms. The van der Waals surface area contributed by atoms with E-state index in [1.165, 1.54) is 0 Å². The molecule has 5 heteroatoms. The molecule has 1 saturated carbocycles. The Morgan fingerprint density at radius 1 is 1.26 bits per heavy atom. The van der Waals surface area contributed by atoms with Gasteiger partial charge in [0.15, 0.2) is 0 Å². The van der Waals surface area contributed by atoms with E-state index in [0.29, 0.717) is 24.3 Å². The molecule has 2 rings (SSSR count). The molecule has 4 nitrogen and oxygen atoms in total. The highest BCUT2D eigenvalue weighted by atomic mass is 35.5. The second-order valence-electron chi connectivity index (χ2n) is 4.95. The number of hydrogen-bond donors (Lipinski definition) is 2. The summed E-state index contributed by atoms with van der Waals surface area (Å²) in [7, 11) is 0. The smallest absolute Gasteiger partial charge is 0.306 e. The van der Waals surface area contributed by atoms with Gasteiger partial charge < -0.3 is 10.2 Å². The van der Waals surface area contributed by atoms with Gasteiger partial charge in [-0.2, -0.15) is 0 Å². The van der Waals surface area contributed by atoms with Crippen molar-refractivity contribution in [2.24, 2.45) is 17.8 Å². The predicted octanol–water partition coefficient (Wildman–Crippen LogP) is 2.69. The summed E-state index contributed by atoms with van der Waals surface area (Å²) in [4.78, 5) is 22.0. The fourth-order valence-corrected chi connectivity index (χ4v) is 2.56. The summed E-state index contributed by atoms with van der Waals surface area (Å²) in [5.74, 6) is -3.06. The van der Waals surface area contributed by atoms with Gasteiger partial charge in [-0.25, -0.2) is 0 Å². The molecule has 0 aliphatic heterocycles. The lowest BCUT2D eigenvalue weighted by atomic mass is 9.94. The van der Waals surface area contributed by atoms with E-state index in [1.54, 1.807) is 12.1 Å². The molecule has 0 spiro atoms. The molecule has 0 amide bonds. The topological polar surface area (TPSA) is 74.6 Å². The molecule has 0 heterocycles. The van der Waals surface area contributed by atoms with Crippen molar-refractivity contribution in [1.82, 2.24) is 0 Å². The maximum Gasteiger partial charge on any atom is 0.306 e. The Hall–Kier alpha value is -1.55. The fourth-order valence-electron chi connectivity index (χ4n) is 2.44. The largest absolute Gasteiger partial charge is 0.481 e. The minimum atomic E-state index is -0.900. The number of halogens is 1. The van der Waals surface area contributed by atoms with Crippen LogP contribution in [0.1, 0.15) is 18.4 Å². The first-order valence-corrected chi connectivity index (χ1v) is 6.57. The van der Waals surface area contributed by atoms with Crippen LogP contribution in [0.25, 0.3) is 0 Å². The van der Waals surface area contributed by atoms with Gasteiger partial charge in [0.1, 0.15) is 0 Å². The van der Waals surface area contributed by atoms with Gasteiger partial charge in [0.2, 0.25) is 0 Å². The highest BCUT2D eigenvalue weighted by Gasteiger charge is 2.50. The van der Waals surface area contributed by atoms with Crippen LogP contribution < -0.4 is 0 Å². The van der Waals surface area contributed by atoms with E-state index in [2.05, 4.69) is 0 Å². The lowest BCUT2D eigenvalue weighted by molar-refractivity contribution is -0.143. The molecule has 2 N–H and O–H groups in total. The SMILES string of the molecule is O=C(O)C(CCc1ccc(Cl)cc1)C1CC1C(=O)O. The van der Waals surface area contributed by atoms with Crippen molar-refractivity contribution in [3.63, 3.8) is 0 Å². The van der Waals surface area contributed by atoms with Crippen molar-refractivity contribution >= 4 is 23.5 Å². The van der Waals surface area contributed by atoms with Crippen LogP contribution >= 0.6 is 11.6 Å². The molecular formula is C14H15ClO4. The molecule has 0 aromatic heterocycles. The summed E-state index contributed by atoms with van der Waals surface area (Å²) < 4.78 is 0. The predicted molar refractivity (Wildman–Crippen MR) is 70.1 cm³/mol. The van der Waals surface area contributed by atoms with Crippen LogP contribution in [-0.2, 0) is 16.0 Å². The molecule has 0 radical (unpaired) electrons. The molecule has 1 aliphatic carbocycles. The van der Waals surface area contributed by atoms with Crippen molar-refractivity contribution in [3.05, 3.63) is 34.9 Å². The summed E-state index contributed by atoms with van der Waals surface area (Å²) in [5, 5.41) is 18.7. The number of aliphatic carboxylic acids is 2. The second-order valence-corrected chi connectivity index (χ2v) is 5.39. The Bertz CT molecular complexity index is 483. The molecule has 3 atom stereocenters. The Kier molecular flexibility index (Phi) is 4.10. The van der Waals surface area contributed by atoms with Gasteiger partial charge in [0, 0.05) is 5.02 Å². The van der Waals surface area contributed by atoms with Gasteiger partial charge in [0.25, 0.3) is 0 Å². The zero-order valence-corrected chi connectivity index (χ0v) is 11.0. The average molecular weight is 283 g/mol. The molecule has 1 aromatic rings. The average Bonchev–Trinajstić information content (AvgIpc) is 3.11. The Morgan fingerprint density at radius 2 is 1.89 bits per heavy atom. The Balaban J connectivity index is 1.93. The summed E-state index contributed by atoms with van der Waals surface area (Å²) in [6.07, 6.45) is 1.56. The van der Waals surface area contributed by atoms with Gasteiger partial charge in [-0.15, -0.1) is 0 Å². The Labute approximate surface area is 116 Å². The van der Waals surface area contributed by atoms with Gasteiger partial charge in [0.05, 0.1) is 11.8 Å². The summed E-state index contributed by atoms with van der Waals surface area (Å²) in [6.45, 7) is 0. The summed E-state index contributed by atoms with van der Waals surface area (Å²) >= 11 is 5.78. The maximum atomic E-state index is 11.2. The third-order valence-corrected chi connectivity index (χ3v) is 3.90. The van der Waals surface area contributed by atoms with E-state index < -0.39 is 23.8 Å². The number of carboxylic acid groups (broad SMARTS) is 2. The zero-order chi connectivity index (χ0) is 14.0. The minimum Gasteiger partial charge on any atom is -0.481 e. The Morgan fingerprint density at radius 3 is 2.37 bits per heavy atom. The molecule has 1 fully saturated rings. The third-order valence-electron chi connectivity index (χ3n) is 3.65. The van der Waals surface area contributed by atoms with Crippen molar-refractivity contribution in [3.8, 4) is 0 Å². The number of carboxylic acids is 2. The van der Waals surface area contributed by atoms with Crippen LogP contribution in [0, 0.1) is 17.8 Å². The number of rotatable bonds is 6. The highest BCUT2D eigenvalue weighted by molar-refractivity contribution is 6.30. The van der Waals surface area contributed by atoms with Crippen LogP contribution in [0.5, 0.6) is 0 Å². The first kappa shape index (κ1) is 13.9. The molecule has 19 heavy (non-hydrogen) atoms. The highest BCUT2D eigenvalue weighted by Crippen LogP contribution is 2.46. The number of benzene rings is 1. The lowest BCUT2D eigenvalue weighted by Gasteiger charge is -2.11. The van der Waals surface area contributed by atoms with Gasteiger partial charge in [-0.05, 0) is 42.9 Å². The monoisotopic (exact) mass is 282 g/mol. The van der Waals surface area contributed by atoms with Crippen molar-refractivity contribution in [1.29, 1.82) is 0 Å². The van der Waals surface area contributed by atoms with Gasteiger partial charge in [-0.3, -0.25) is 9.59 Å². The number of hydrogen-bond acceptors (Lipinski definition) is 2. The van der Waals surface area contributed by atoms with Gasteiger partial charge >= 0.3 is 11.9 Å². The number of aryl methyl sites for hydroxylation is 1. The molecular weight excluding hydrogens is 268 g/mol. The van der Waals surface area contributed by atoms with Crippen LogP contribution in [-0.4, -0.2) is 22.2 Å². The maximum absolute atomic E-state index is 11.2. The van der Waals surface area contributed by atoms with Crippen molar-refractivity contribution in [2.75, 3.05) is 0 Å². The second kappa shape index (κ2) is 5.61. The summed E-state index contributed by atoms with van der Waals surface area (Å²) in [5.41, 5.74) is 1.02. The van der Waals surface area contributed by atoms with E-state index >= 15 is 0 Å². The molecule has 1 aliphatic rings. The minimum absolute atomic E-state index is 0.220. The van der Waals surface area contributed by atoms with E-state index in [1.807, 2.05) is 12.1 Å². The van der Waals surface area contributed by atoms with E-state index in [9.17, 15) is 14.7 Å². The van der Waals surface area contributed by atoms with Crippen LogP contribution in [0.3, 0.4) is 0 Å². The zero-order valence-electron chi connectivity index (χ0n) is 10.3. The molecule has 1 aromatic carbocycles. The normalized spacial score (nSPS) is 22.8. The summed E-state index contributed by atoms with van der Waals surface area (Å²) in [6, 6.07) is 7.26. The van der Waals surface area contributed by atoms with E-state index in [0.717, 1.165) is 5.56 Å². The number of carbonyl (C=O) groups is 2. The third kappa shape index (κ3) is 3.47.